The van der Waals surface area contributed by atoms with Crippen molar-refractivity contribution < 1.29 is 13.3 Å². The fourth-order valence-electron chi connectivity index (χ4n) is 1.45. The van der Waals surface area contributed by atoms with E-state index in [1.165, 1.54) is 0 Å². The molecule has 0 radical (unpaired) electrons. The third-order valence-electron chi connectivity index (χ3n) is 2.21. The van der Waals surface area contributed by atoms with Gasteiger partial charge in [0.2, 0.25) is 5.89 Å². The van der Waals surface area contributed by atoms with Gasteiger partial charge in [0.15, 0.2) is 5.82 Å². The average molecular weight is 203 g/mol. The summed E-state index contributed by atoms with van der Waals surface area (Å²) in [6, 6.07) is -0.121. The van der Waals surface area contributed by atoms with Gasteiger partial charge in [0, 0.05) is 25.8 Å². The molecule has 1 aliphatic rings. The Morgan fingerprint density at radius 2 is 2.29 bits per heavy atom. The molecule has 4 nitrogen and oxygen atoms in total. The van der Waals surface area contributed by atoms with E-state index in [1.807, 2.05) is 0 Å². The molecule has 0 saturated heterocycles. The number of alkyl halides is 2. The van der Waals surface area contributed by atoms with Crippen molar-refractivity contribution in [1.29, 1.82) is 0 Å². The SMILES string of the molecule is Cc1nc(CNC2CC(F)(F)C2)no1. The van der Waals surface area contributed by atoms with Crippen molar-refractivity contribution in [2.75, 3.05) is 0 Å². The zero-order valence-corrected chi connectivity index (χ0v) is 7.76. The fraction of sp³-hybridized carbons (Fsp3) is 0.750. The molecule has 6 heteroatoms. The van der Waals surface area contributed by atoms with Gasteiger partial charge in [-0.25, -0.2) is 8.78 Å². The van der Waals surface area contributed by atoms with Crippen LogP contribution in [-0.4, -0.2) is 22.1 Å². The highest BCUT2D eigenvalue weighted by atomic mass is 19.3. The first-order chi connectivity index (χ1) is 6.55. The van der Waals surface area contributed by atoms with Gasteiger partial charge in [0.25, 0.3) is 5.92 Å². The number of rotatable bonds is 3. The van der Waals surface area contributed by atoms with Crippen LogP contribution in [-0.2, 0) is 6.54 Å². The Hall–Kier alpha value is -1.04. The first kappa shape index (κ1) is 9.51. The first-order valence-corrected chi connectivity index (χ1v) is 4.45. The number of aryl methyl sites for hydroxylation is 1. The van der Waals surface area contributed by atoms with Gasteiger partial charge >= 0.3 is 0 Å². The van der Waals surface area contributed by atoms with Gasteiger partial charge in [0.05, 0.1) is 6.54 Å². The number of hydrogen-bond donors (Lipinski definition) is 1. The summed E-state index contributed by atoms with van der Waals surface area (Å²) in [6.07, 6.45) is -0.187. The molecule has 1 N–H and O–H groups in total. The van der Waals surface area contributed by atoms with E-state index in [1.54, 1.807) is 6.92 Å². The molecule has 0 spiro atoms. The minimum absolute atomic E-state index is 0.0934. The van der Waals surface area contributed by atoms with Crippen LogP contribution in [0.25, 0.3) is 0 Å². The molecule has 78 valence electrons. The van der Waals surface area contributed by atoms with E-state index < -0.39 is 5.92 Å². The predicted molar refractivity (Wildman–Crippen MR) is 43.8 cm³/mol. The second-order valence-electron chi connectivity index (χ2n) is 3.57. The predicted octanol–water partition coefficient (Wildman–Crippen LogP) is 1.27. The van der Waals surface area contributed by atoms with Gasteiger partial charge in [-0.1, -0.05) is 5.16 Å². The molecule has 0 amide bonds. The molecule has 1 aliphatic carbocycles. The third-order valence-corrected chi connectivity index (χ3v) is 2.21. The second kappa shape index (κ2) is 3.27. The van der Waals surface area contributed by atoms with Gasteiger partial charge in [-0.2, -0.15) is 4.98 Å². The molecule has 0 unspecified atom stereocenters. The van der Waals surface area contributed by atoms with Crippen LogP contribution in [0.4, 0.5) is 8.78 Å². The zero-order chi connectivity index (χ0) is 10.2. The topological polar surface area (TPSA) is 51.0 Å². The van der Waals surface area contributed by atoms with Crippen LogP contribution < -0.4 is 5.32 Å². The highest BCUT2D eigenvalue weighted by molar-refractivity contribution is 4.93. The van der Waals surface area contributed by atoms with E-state index in [0.29, 0.717) is 18.3 Å². The van der Waals surface area contributed by atoms with Crippen molar-refractivity contribution in [3.05, 3.63) is 11.7 Å². The number of hydrogen-bond acceptors (Lipinski definition) is 4. The maximum absolute atomic E-state index is 12.4. The van der Waals surface area contributed by atoms with Crippen LogP contribution >= 0.6 is 0 Å². The molecule has 1 saturated carbocycles. The fourth-order valence-corrected chi connectivity index (χ4v) is 1.45. The monoisotopic (exact) mass is 203 g/mol. The Bertz CT molecular complexity index is 318. The maximum Gasteiger partial charge on any atom is 0.251 e. The molecule has 0 bridgehead atoms. The summed E-state index contributed by atoms with van der Waals surface area (Å²) in [6.45, 7) is 2.08. The summed E-state index contributed by atoms with van der Waals surface area (Å²) >= 11 is 0. The van der Waals surface area contributed by atoms with E-state index >= 15 is 0 Å². The number of nitrogens with zero attached hydrogens (tertiary/aromatic N) is 2. The smallest absolute Gasteiger partial charge is 0.251 e. The summed E-state index contributed by atoms with van der Waals surface area (Å²) in [5, 5.41) is 6.59. The molecule has 1 aromatic rings. The molecule has 2 rings (SSSR count). The summed E-state index contributed by atoms with van der Waals surface area (Å²) in [7, 11) is 0. The Balaban J connectivity index is 1.74. The van der Waals surface area contributed by atoms with Crippen molar-refractivity contribution in [3.8, 4) is 0 Å². The van der Waals surface area contributed by atoms with E-state index in [0.717, 1.165) is 0 Å². The molecule has 0 aliphatic heterocycles. The van der Waals surface area contributed by atoms with E-state index in [9.17, 15) is 8.78 Å². The molecule has 1 heterocycles. The van der Waals surface area contributed by atoms with E-state index in [4.69, 9.17) is 4.52 Å². The van der Waals surface area contributed by atoms with Crippen LogP contribution in [0.1, 0.15) is 24.6 Å². The molecule has 14 heavy (non-hydrogen) atoms. The van der Waals surface area contributed by atoms with Crippen molar-refractivity contribution in [3.63, 3.8) is 0 Å². The number of halogens is 2. The molecule has 0 aromatic carbocycles. The lowest BCUT2D eigenvalue weighted by Gasteiger charge is -2.35. The molecule has 1 fully saturated rings. The quantitative estimate of drug-likeness (QED) is 0.803. The normalized spacial score (nSPS) is 20.8. The Kier molecular flexibility index (Phi) is 2.22. The largest absolute Gasteiger partial charge is 0.340 e. The van der Waals surface area contributed by atoms with E-state index in [-0.39, 0.29) is 18.9 Å². The van der Waals surface area contributed by atoms with Crippen LogP contribution in [0.15, 0.2) is 4.52 Å². The van der Waals surface area contributed by atoms with Crippen LogP contribution in [0.3, 0.4) is 0 Å². The molecule has 0 atom stereocenters. The summed E-state index contributed by atoms with van der Waals surface area (Å²) in [4.78, 5) is 3.95. The molecule has 1 aromatic heterocycles. The van der Waals surface area contributed by atoms with Crippen molar-refractivity contribution in [2.45, 2.75) is 38.3 Å². The third kappa shape index (κ3) is 2.06. The van der Waals surface area contributed by atoms with Crippen molar-refractivity contribution >= 4 is 0 Å². The highest BCUT2D eigenvalue weighted by Gasteiger charge is 2.44. The maximum atomic E-state index is 12.4. The number of aromatic nitrogens is 2. The zero-order valence-electron chi connectivity index (χ0n) is 7.76. The highest BCUT2D eigenvalue weighted by Crippen LogP contribution is 2.37. The van der Waals surface area contributed by atoms with Gasteiger partial charge in [-0.3, -0.25) is 0 Å². The lowest BCUT2D eigenvalue weighted by atomic mass is 9.88. The van der Waals surface area contributed by atoms with Gasteiger partial charge in [-0.05, 0) is 0 Å². The van der Waals surface area contributed by atoms with Crippen LogP contribution in [0.5, 0.6) is 0 Å². The second-order valence-corrected chi connectivity index (χ2v) is 3.57. The Morgan fingerprint density at radius 1 is 1.57 bits per heavy atom. The average Bonchev–Trinajstić information content (AvgIpc) is 2.44. The lowest BCUT2D eigenvalue weighted by molar-refractivity contribution is -0.0931. The lowest BCUT2D eigenvalue weighted by Crippen LogP contribution is -2.48. The van der Waals surface area contributed by atoms with Gasteiger partial charge < -0.3 is 9.84 Å². The first-order valence-electron chi connectivity index (χ1n) is 4.45. The van der Waals surface area contributed by atoms with Gasteiger partial charge in [0.1, 0.15) is 0 Å². The minimum atomic E-state index is -2.48. The summed E-state index contributed by atoms with van der Waals surface area (Å²) in [5.41, 5.74) is 0. The van der Waals surface area contributed by atoms with Crippen molar-refractivity contribution in [2.24, 2.45) is 0 Å². The molecular weight excluding hydrogens is 192 g/mol. The Morgan fingerprint density at radius 3 is 2.79 bits per heavy atom. The summed E-state index contributed by atoms with van der Waals surface area (Å²) in [5.74, 6) is -1.48. The van der Waals surface area contributed by atoms with Crippen LogP contribution in [0, 0.1) is 6.92 Å². The van der Waals surface area contributed by atoms with Gasteiger partial charge in [-0.15, -0.1) is 0 Å². The standard InChI is InChI=1S/C8H11F2N3O/c1-5-12-7(13-14-5)4-11-6-2-8(9,10)3-6/h6,11H,2-4H2,1H3. The molecular formula is C8H11F2N3O. The Labute approximate surface area is 79.7 Å². The van der Waals surface area contributed by atoms with E-state index in [2.05, 4.69) is 15.5 Å². The summed E-state index contributed by atoms with van der Waals surface area (Å²) < 4.78 is 29.6. The van der Waals surface area contributed by atoms with Crippen molar-refractivity contribution in [1.82, 2.24) is 15.5 Å². The van der Waals surface area contributed by atoms with Crippen LogP contribution in [0.2, 0.25) is 0 Å². The minimum Gasteiger partial charge on any atom is -0.340 e. The number of nitrogens with one attached hydrogen (secondary N) is 1.